The summed E-state index contributed by atoms with van der Waals surface area (Å²) in [5.74, 6) is 1.90. The van der Waals surface area contributed by atoms with E-state index < -0.39 is 0 Å². The van der Waals surface area contributed by atoms with Gasteiger partial charge in [-0.3, -0.25) is 0 Å². The molecule has 62 heavy (non-hydrogen) atoms. The summed E-state index contributed by atoms with van der Waals surface area (Å²) >= 11 is 0. The van der Waals surface area contributed by atoms with Gasteiger partial charge in [-0.15, -0.1) is 0 Å². The van der Waals surface area contributed by atoms with Gasteiger partial charge < -0.3 is 9.55 Å². The minimum Gasteiger partial charge on any atom is -0.354 e. The molecule has 0 bridgehead atoms. The molecule has 5 nitrogen and oxygen atoms in total. The zero-order valence-electron chi connectivity index (χ0n) is 33.6. The number of hydrogen-bond donors (Lipinski definition) is 1. The highest BCUT2D eigenvalue weighted by molar-refractivity contribution is 6.19. The number of nitrogens with zero attached hydrogens (tertiary/aromatic N) is 4. The number of rotatable bonds is 7. The van der Waals surface area contributed by atoms with Gasteiger partial charge in [0.15, 0.2) is 17.5 Å². The minimum atomic E-state index is 0.623. The first-order chi connectivity index (χ1) is 30.7. The van der Waals surface area contributed by atoms with Gasteiger partial charge in [-0.1, -0.05) is 164 Å². The van der Waals surface area contributed by atoms with Gasteiger partial charge in [-0.2, -0.15) is 0 Å². The van der Waals surface area contributed by atoms with Crippen LogP contribution in [0.5, 0.6) is 0 Å². The molecule has 0 fully saturated rings. The van der Waals surface area contributed by atoms with Crippen molar-refractivity contribution in [3.8, 4) is 73.2 Å². The minimum absolute atomic E-state index is 0.623. The molecule has 12 rings (SSSR count). The summed E-state index contributed by atoms with van der Waals surface area (Å²) in [5, 5.41) is 4.79. The lowest BCUT2D eigenvalue weighted by atomic mass is 9.94. The zero-order valence-corrected chi connectivity index (χ0v) is 33.6. The Kier molecular flexibility index (Phi) is 8.42. The van der Waals surface area contributed by atoms with E-state index in [2.05, 4.69) is 167 Å². The Labute approximate surface area is 358 Å². The van der Waals surface area contributed by atoms with E-state index in [0.717, 1.165) is 55.6 Å². The second-order valence-electron chi connectivity index (χ2n) is 15.7. The number of fused-ring (bicyclic) bond motifs is 6. The number of hydrogen-bond acceptors (Lipinski definition) is 3. The molecule has 1 N–H and O–H groups in total. The number of aromatic nitrogens is 5. The lowest BCUT2D eigenvalue weighted by molar-refractivity contribution is 1.07. The molecule has 0 saturated heterocycles. The molecule has 0 atom stereocenters. The van der Waals surface area contributed by atoms with E-state index in [1.54, 1.807) is 0 Å². The molecule has 0 unspecified atom stereocenters. The van der Waals surface area contributed by atoms with Crippen LogP contribution in [-0.2, 0) is 0 Å². The Morgan fingerprint density at radius 2 is 0.823 bits per heavy atom. The first-order valence-electron chi connectivity index (χ1n) is 20.9. The Hall–Kier alpha value is -8.41. The molecular weight excluding hydrogens is 755 g/mol. The molecule has 0 saturated carbocycles. The standard InChI is InChI=1S/C57H37N5/c1-5-16-37(17-6-1)42-30-33-52-48(34-42)50-36-43(38-18-7-2-8-19-38)35-49(47-26-15-25-46-45-24-13-14-27-51(45)58-53(46)47)54(50)62(52)44-31-28-41(29-32-44)57-60-55(39-20-9-3-10-21-39)59-56(61-57)40-22-11-4-12-23-40/h1-36,58H. The molecule has 0 aliphatic rings. The monoisotopic (exact) mass is 791 g/mol. The zero-order chi connectivity index (χ0) is 41.0. The summed E-state index contributed by atoms with van der Waals surface area (Å²) in [6.07, 6.45) is 0. The second kappa shape index (κ2) is 14.7. The van der Waals surface area contributed by atoms with E-state index in [-0.39, 0.29) is 0 Å². The molecule has 3 heterocycles. The van der Waals surface area contributed by atoms with Gasteiger partial charge in [0, 0.05) is 60.6 Å². The Bertz CT molecular complexity index is 3540. The van der Waals surface area contributed by atoms with Crippen molar-refractivity contribution in [2.24, 2.45) is 0 Å². The van der Waals surface area contributed by atoms with Crippen LogP contribution < -0.4 is 0 Å². The highest BCUT2D eigenvalue weighted by atomic mass is 15.0. The van der Waals surface area contributed by atoms with Gasteiger partial charge in [0.25, 0.3) is 0 Å². The van der Waals surface area contributed by atoms with E-state index in [1.807, 2.05) is 60.7 Å². The molecule has 5 heteroatoms. The predicted octanol–water partition coefficient (Wildman–Crippen LogP) is 14.6. The third-order valence-electron chi connectivity index (χ3n) is 12.0. The summed E-state index contributed by atoms with van der Waals surface area (Å²) in [6, 6.07) is 77.2. The summed E-state index contributed by atoms with van der Waals surface area (Å²) in [4.78, 5) is 18.8. The average Bonchev–Trinajstić information content (AvgIpc) is 3.90. The van der Waals surface area contributed by atoms with Crippen LogP contribution in [0, 0.1) is 0 Å². The molecule has 9 aromatic carbocycles. The van der Waals surface area contributed by atoms with Crippen molar-refractivity contribution in [2.75, 3.05) is 0 Å². The van der Waals surface area contributed by atoms with E-state index in [0.29, 0.717) is 17.5 Å². The van der Waals surface area contributed by atoms with Gasteiger partial charge in [0.2, 0.25) is 0 Å². The van der Waals surface area contributed by atoms with Crippen molar-refractivity contribution in [2.45, 2.75) is 0 Å². The van der Waals surface area contributed by atoms with Crippen LogP contribution in [0.2, 0.25) is 0 Å². The summed E-state index contributed by atoms with van der Waals surface area (Å²) in [6.45, 7) is 0. The number of H-pyrrole nitrogens is 1. The first-order valence-corrected chi connectivity index (χ1v) is 20.9. The summed E-state index contributed by atoms with van der Waals surface area (Å²) < 4.78 is 2.44. The quantitative estimate of drug-likeness (QED) is 0.175. The van der Waals surface area contributed by atoms with Gasteiger partial charge >= 0.3 is 0 Å². The lowest BCUT2D eigenvalue weighted by Crippen LogP contribution is -2.00. The highest BCUT2D eigenvalue weighted by Crippen LogP contribution is 2.45. The topological polar surface area (TPSA) is 59.4 Å². The molecule has 0 radical (unpaired) electrons. The molecule has 0 aliphatic heterocycles. The molecule has 0 amide bonds. The molecule has 3 aromatic heterocycles. The number of nitrogens with one attached hydrogen (secondary N) is 1. The fraction of sp³-hybridized carbons (Fsp3) is 0. The third kappa shape index (κ3) is 6.06. The van der Waals surface area contributed by atoms with Gasteiger partial charge in [-0.05, 0) is 76.9 Å². The van der Waals surface area contributed by atoms with Gasteiger partial charge in [-0.25, -0.2) is 15.0 Å². The third-order valence-corrected chi connectivity index (χ3v) is 12.0. The molecule has 0 spiro atoms. The fourth-order valence-corrected chi connectivity index (χ4v) is 9.02. The maximum absolute atomic E-state index is 5.04. The van der Waals surface area contributed by atoms with Crippen molar-refractivity contribution in [1.29, 1.82) is 0 Å². The fourth-order valence-electron chi connectivity index (χ4n) is 9.02. The smallest absolute Gasteiger partial charge is 0.164 e. The Morgan fingerprint density at radius 1 is 0.323 bits per heavy atom. The number of benzene rings is 9. The van der Waals surface area contributed by atoms with Crippen molar-refractivity contribution < 1.29 is 0 Å². The first kappa shape index (κ1) is 35.5. The van der Waals surface area contributed by atoms with Crippen molar-refractivity contribution in [3.63, 3.8) is 0 Å². The average molecular weight is 792 g/mol. The van der Waals surface area contributed by atoms with Crippen LogP contribution in [0.1, 0.15) is 0 Å². The van der Waals surface area contributed by atoms with E-state index in [9.17, 15) is 0 Å². The number of para-hydroxylation sites is 2. The van der Waals surface area contributed by atoms with Gasteiger partial charge in [0.05, 0.1) is 16.6 Å². The molecule has 12 aromatic rings. The van der Waals surface area contributed by atoms with E-state index >= 15 is 0 Å². The number of aromatic amines is 1. The van der Waals surface area contributed by atoms with E-state index in [4.69, 9.17) is 15.0 Å². The molecule has 290 valence electrons. The van der Waals surface area contributed by atoms with E-state index in [1.165, 1.54) is 43.8 Å². The van der Waals surface area contributed by atoms with Crippen LogP contribution in [0.4, 0.5) is 0 Å². The maximum atomic E-state index is 5.04. The van der Waals surface area contributed by atoms with Crippen LogP contribution in [0.3, 0.4) is 0 Å². The van der Waals surface area contributed by atoms with Crippen LogP contribution in [-0.4, -0.2) is 24.5 Å². The second-order valence-corrected chi connectivity index (χ2v) is 15.7. The predicted molar refractivity (Wildman–Crippen MR) is 256 cm³/mol. The van der Waals surface area contributed by atoms with Crippen LogP contribution in [0.25, 0.3) is 117 Å². The maximum Gasteiger partial charge on any atom is 0.164 e. The highest BCUT2D eigenvalue weighted by Gasteiger charge is 2.22. The summed E-state index contributed by atoms with van der Waals surface area (Å²) in [5.41, 5.74) is 15.3. The summed E-state index contributed by atoms with van der Waals surface area (Å²) in [7, 11) is 0. The molecule has 0 aliphatic carbocycles. The largest absolute Gasteiger partial charge is 0.354 e. The lowest BCUT2D eigenvalue weighted by Gasteiger charge is -2.15. The van der Waals surface area contributed by atoms with Crippen LogP contribution >= 0.6 is 0 Å². The van der Waals surface area contributed by atoms with Gasteiger partial charge in [0.1, 0.15) is 0 Å². The van der Waals surface area contributed by atoms with Crippen molar-refractivity contribution >= 4 is 43.6 Å². The SMILES string of the molecule is c1ccc(-c2ccc3c(c2)c2cc(-c4ccccc4)cc(-c4cccc5c4[nH]c4ccccc45)c2n3-c2ccc(-c3nc(-c4ccccc4)nc(-c4ccccc4)n3)cc2)cc1. The Morgan fingerprint density at radius 3 is 1.45 bits per heavy atom. The Balaban J connectivity index is 1.12. The van der Waals surface area contributed by atoms with Crippen LogP contribution in [0.15, 0.2) is 218 Å². The van der Waals surface area contributed by atoms with Crippen molar-refractivity contribution in [1.82, 2.24) is 24.5 Å². The normalized spacial score (nSPS) is 11.5. The van der Waals surface area contributed by atoms with Crippen molar-refractivity contribution in [3.05, 3.63) is 218 Å². The molecular formula is C57H37N5.